The molecule has 2 aromatic carbocycles. The Kier molecular flexibility index (Phi) is 5.93. The Labute approximate surface area is 147 Å². The van der Waals surface area contributed by atoms with Gasteiger partial charge in [0.1, 0.15) is 6.61 Å². The second-order valence-corrected chi connectivity index (χ2v) is 5.83. The number of nitrogens with zero attached hydrogens (tertiary/aromatic N) is 3. The molecule has 5 heteroatoms. The Morgan fingerprint density at radius 1 is 0.920 bits per heavy atom. The summed E-state index contributed by atoms with van der Waals surface area (Å²) in [5.74, 6) is 0.572. The number of rotatable bonds is 4. The van der Waals surface area contributed by atoms with E-state index < -0.39 is 0 Å². The highest BCUT2D eigenvalue weighted by Gasteiger charge is 2.16. The third-order valence-corrected chi connectivity index (χ3v) is 3.92. The van der Waals surface area contributed by atoms with Gasteiger partial charge in [0.25, 0.3) is 0 Å². The van der Waals surface area contributed by atoms with Crippen molar-refractivity contribution in [1.82, 2.24) is 4.90 Å². The lowest BCUT2D eigenvalue weighted by Gasteiger charge is -2.20. The normalized spacial score (nSPS) is 18.5. The van der Waals surface area contributed by atoms with Crippen molar-refractivity contribution in [3.8, 4) is 0 Å². The zero-order valence-corrected chi connectivity index (χ0v) is 14.0. The zero-order valence-electron chi connectivity index (χ0n) is 14.0. The molecule has 1 aliphatic heterocycles. The first-order chi connectivity index (χ1) is 12.3. The first kappa shape index (κ1) is 16.9. The summed E-state index contributed by atoms with van der Waals surface area (Å²) in [7, 11) is 0. The second kappa shape index (κ2) is 8.78. The number of carbonyl (C=O) groups excluding carboxylic acids is 1. The standard InChI is InChI=1S/C20H21N3O2/c24-20-12-11-19(25-16-18-9-5-2-6-10-18)22-21-13-14-23(20)15-17-7-3-1-4-8-17/h1-10,13H,11-12,14-16H2/b21-13-,22-19-. The maximum Gasteiger partial charge on any atom is 0.223 e. The summed E-state index contributed by atoms with van der Waals surface area (Å²) in [5, 5.41) is 8.17. The molecule has 0 spiro atoms. The van der Waals surface area contributed by atoms with Crippen LogP contribution in [0.2, 0.25) is 0 Å². The number of hydrogen-bond acceptors (Lipinski definition) is 4. The van der Waals surface area contributed by atoms with Gasteiger partial charge in [-0.25, -0.2) is 0 Å². The average molecular weight is 335 g/mol. The smallest absolute Gasteiger partial charge is 0.223 e. The number of carbonyl (C=O) groups is 1. The van der Waals surface area contributed by atoms with Crippen LogP contribution >= 0.6 is 0 Å². The molecule has 2 aromatic rings. The highest BCUT2D eigenvalue weighted by atomic mass is 16.5. The van der Waals surface area contributed by atoms with Crippen molar-refractivity contribution in [2.75, 3.05) is 6.54 Å². The van der Waals surface area contributed by atoms with Crippen molar-refractivity contribution in [2.45, 2.75) is 26.0 Å². The minimum absolute atomic E-state index is 0.0771. The Bertz CT molecular complexity index is 742. The molecule has 0 saturated heterocycles. The van der Waals surface area contributed by atoms with Crippen molar-refractivity contribution < 1.29 is 9.53 Å². The summed E-state index contributed by atoms with van der Waals surface area (Å²) >= 11 is 0. The molecular formula is C20H21N3O2. The fourth-order valence-electron chi connectivity index (χ4n) is 2.56. The largest absolute Gasteiger partial charge is 0.475 e. The van der Waals surface area contributed by atoms with Gasteiger partial charge in [-0.1, -0.05) is 60.7 Å². The molecule has 0 aliphatic carbocycles. The van der Waals surface area contributed by atoms with Crippen LogP contribution in [0.25, 0.3) is 0 Å². The van der Waals surface area contributed by atoms with Crippen molar-refractivity contribution in [1.29, 1.82) is 0 Å². The van der Waals surface area contributed by atoms with E-state index in [0.717, 1.165) is 11.1 Å². The van der Waals surface area contributed by atoms with E-state index in [1.165, 1.54) is 0 Å². The van der Waals surface area contributed by atoms with E-state index in [-0.39, 0.29) is 5.91 Å². The molecule has 0 N–H and O–H groups in total. The van der Waals surface area contributed by atoms with Crippen LogP contribution in [0.15, 0.2) is 70.9 Å². The van der Waals surface area contributed by atoms with Gasteiger partial charge in [0, 0.05) is 25.6 Å². The molecule has 5 nitrogen and oxygen atoms in total. The Morgan fingerprint density at radius 2 is 1.60 bits per heavy atom. The van der Waals surface area contributed by atoms with Crippen LogP contribution in [0.5, 0.6) is 0 Å². The lowest BCUT2D eigenvalue weighted by Crippen LogP contribution is -2.32. The van der Waals surface area contributed by atoms with Gasteiger partial charge in [-0.15, -0.1) is 5.10 Å². The lowest BCUT2D eigenvalue weighted by molar-refractivity contribution is -0.130. The zero-order chi connectivity index (χ0) is 17.3. The quantitative estimate of drug-likeness (QED) is 0.860. The van der Waals surface area contributed by atoms with Crippen LogP contribution in [-0.4, -0.2) is 29.5 Å². The molecule has 128 valence electrons. The Balaban J connectivity index is 1.57. The van der Waals surface area contributed by atoms with Crippen molar-refractivity contribution in [3.63, 3.8) is 0 Å². The minimum Gasteiger partial charge on any atom is -0.475 e. The summed E-state index contributed by atoms with van der Waals surface area (Å²) in [5.41, 5.74) is 2.16. The molecule has 0 bridgehead atoms. The van der Waals surface area contributed by atoms with Gasteiger partial charge in [-0.3, -0.25) is 4.79 Å². The van der Waals surface area contributed by atoms with Crippen LogP contribution in [0.1, 0.15) is 24.0 Å². The number of ether oxygens (including phenoxy) is 1. The lowest BCUT2D eigenvalue weighted by atomic mass is 10.2. The molecule has 0 fully saturated rings. The molecule has 1 heterocycles. The van der Waals surface area contributed by atoms with Crippen LogP contribution in [0, 0.1) is 0 Å². The number of amides is 1. The summed E-state index contributed by atoms with van der Waals surface area (Å²) in [6.07, 6.45) is 2.47. The second-order valence-electron chi connectivity index (χ2n) is 5.83. The van der Waals surface area contributed by atoms with Crippen LogP contribution in [-0.2, 0) is 22.7 Å². The molecular weight excluding hydrogens is 314 g/mol. The van der Waals surface area contributed by atoms with E-state index in [9.17, 15) is 4.79 Å². The summed E-state index contributed by atoms with van der Waals surface area (Å²) < 4.78 is 5.73. The van der Waals surface area contributed by atoms with E-state index in [1.807, 2.05) is 60.7 Å². The van der Waals surface area contributed by atoms with Gasteiger partial charge >= 0.3 is 0 Å². The molecule has 0 atom stereocenters. The first-order valence-electron chi connectivity index (χ1n) is 8.38. The topological polar surface area (TPSA) is 54.3 Å². The Morgan fingerprint density at radius 3 is 2.32 bits per heavy atom. The van der Waals surface area contributed by atoms with E-state index in [0.29, 0.717) is 38.4 Å². The summed E-state index contributed by atoms with van der Waals surface area (Å²) in [4.78, 5) is 14.3. The molecule has 0 aromatic heterocycles. The fraction of sp³-hybridized carbons (Fsp3) is 0.250. The summed E-state index contributed by atoms with van der Waals surface area (Å²) in [6, 6.07) is 19.8. The van der Waals surface area contributed by atoms with E-state index in [2.05, 4.69) is 10.2 Å². The maximum atomic E-state index is 12.5. The highest BCUT2D eigenvalue weighted by molar-refractivity contribution is 5.86. The molecule has 1 amide bonds. The van der Waals surface area contributed by atoms with Gasteiger partial charge < -0.3 is 9.64 Å². The van der Waals surface area contributed by atoms with Gasteiger partial charge in [0.2, 0.25) is 11.8 Å². The molecule has 0 radical (unpaired) electrons. The molecule has 3 rings (SSSR count). The van der Waals surface area contributed by atoms with Gasteiger partial charge in [0.05, 0.1) is 6.54 Å². The summed E-state index contributed by atoms with van der Waals surface area (Å²) in [6.45, 7) is 1.45. The third-order valence-electron chi connectivity index (χ3n) is 3.92. The molecule has 1 aliphatic rings. The van der Waals surface area contributed by atoms with Crippen molar-refractivity contribution in [3.05, 3.63) is 71.8 Å². The Hall–Kier alpha value is -2.95. The monoisotopic (exact) mass is 335 g/mol. The van der Waals surface area contributed by atoms with Crippen molar-refractivity contribution >= 4 is 18.0 Å². The van der Waals surface area contributed by atoms with Crippen molar-refractivity contribution in [2.24, 2.45) is 10.2 Å². The number of benzene rings is 2. The predicted octanol–water partition coefficient (Wildman–Crippen LogP) is 3.41. The van der Waals surface area contributed by atoms with E-state index >= 15 is 0 Å². The van der Waals surface area contributed by atoms with Gasteiger partial charge in [-0.05, 0) is 11.1 Å². The van der Waals surface area contributed by atoms with Crippen LogP contribution < -0.4 is 0 Å². The maximum absolute atomic E-state index is 12.5. The van der Waals surface area contributed by atoms with Gasteiger partial charge in [0.15, 0.2) is 0 Å². The van der Waals surface area contributed by atoms with Crippen LogP contribution in [0.3, 0.4) is 0 Å². The molecule has 0 saturated carbocycles. The van der Waals surface area contributed by atoms with Gasteiger partial charge in [-0.2, -0.15) is 5.10 Å². The highest BCUT2D eigenvalue weighted by Crippen LogP contribution is 2.10. The first-order valence-corrected chi connectivity index (χ1v) is 8.38. The SMILES string of the molecule is O=C1CC/C(OCc2ccccc2)=N/N=C\CN1Cc1ccccc1. The van der Waals surface area contributed by atoms with E-state index in [1.54, 1.807) is 11.1 Å². The third kappa shape index (κ3) is 5.28. The molecule has 0 unspecified atom stereocenters. The predicted molar refractivity (Wildman–Crippen MR) is 98.3 cm³/mol. The average Bonchev–Trinajstić information content (AvgIpc) is 2.74. The fourth-order valence-corrected chi connectivity index (χ4v) is 2.56. The van der Waals surface area contributed by atoms with Crippen LogP contribution in [0.4, 0.5) is 0 Å². The molecule has 25 heavy (non-hydrogen) atoms. The number of hydrogen-bond donors (Lipinski definition) is 0. The minimum atomic E-state index is 0.0771. The van der Waals surface area contributed by atoms with E-state index in [4.69, 9.17) is 4.74 Å².